The van der Waals surface area contributed by atoms with Crippen molar-refractivity contribution in [2.24, 2.45) is 0 Å². The molecule has 3 aromatic rings. The Bertz CT molecular complexity index is 1260. The van der Waals surface area contributed by atoms with Crippen LogP contribution in [0.4, 0.5) is 27.5 Å². The molecule has 4 N–H and O–H groups in total. The summed E-state index contributed by atoms with van der Waals surface area (Å²) in [5.74, 6) is -0.268. The van der Waals surface area contributed by atoms with Crippen molar-refractivity contribution < 1.29 is 14.3 Å². The molecule has 0 unspecified atom stereocenters. The van der Waals surface area contributed by atoms with Gasteiger partial charge in [0.15, 0.2) is 0 Å². The third-order valence-electron chi connectivity index (χ3n) is 6.77. The maximum Gasteiger partial charge on any atom is 0.414 e. The number of anilines is 4. The van der Waals surface area contributed by atoms with Gasteiger partial charge >= 0.3 is 6.09 Å². The molecule has 0 radical (unpaired) electrons. The SMILES string of the molecule is Nc1ccc(CNC(=O)c2ccc(N3CCC(N4C(=O)OCc5ccccc54)CC3)c(N[O-])c2)cc1. The Hall–Kier alpha value is -4.24. The zero-order valence-electron chi connectivity index (χ0n) is 19.8. The van der Waals surface area contributed by atoms with Gasteiger partial charge < -0.3 is 31.4 Å². The molecule has 1 fully saturated rings. The molecule has 9 nitrogen and oxygen atoms in total. The highest BCUT2D eigenvalue weighted by atomic mass is 16.6. The second-order valence-corrected chi connectivity index (χ2v) is 9.03. The number of piperidine rings is 1. The van der Waals surface area contributed by atoms with Gasteiger partial charge in [-0.15, -0.1) is 0 Å². The zero-order valence-corrected chi connectivity index (χ0v) is 19.8. The monoisotopic (exact) mass is 486 g/mol. The molecule has 0 spiro atoms. The van der Waals surface area contributed by atoms with E-state index in [1.165, 1.54) is 0 Å². The Labute approximate surface area is 209 Å². The maximum absolute atomic E-state index is 12.7. The number of carbonyl (C=O) groups is 2. The van der Waals surface area contributed by atoms with E-state index in [0.29, 0.717) is 43.2 Å². The first-order valence-corrected chi connectivity index (χ1v) is 12.0. The Morgan fingerprint density at radius 1 is 1.03 bits per heavy atom. The number of fused-ring (bicyclic) bond motifs is 1. The van der Waals surface area contributed by atoms with Gasteiger partial charge in [-0.3, -0.25) is 9.69 Å². The summed E-state index contributed by atoms with van der Waals surface area (Å²) in [6.07, 6.45) is 1.14. The van der Waals surface area contributed by atoms with Crippen LogP contribution >= 0.6 is 0 Å². The van der Waals surface area contributed by atoms with E-state index in [1.807, 2.05) is 41.9 Å². The molecular formula is C27H28N5O4-. The molecule has 36 heavy (non-hydrogen) atoms. The third-order valence-corrected chi connectivity index (χ3v) is 6.77. The molecule has 0 atom stereocenters. The molecule has 9 heteroatoms. The van der Waals surface area contributed by atoms with Crippen LogP contribution in [0.1, 0.15) is 34.3 Å². The molecule has 5 rings (SSSR count). The summed E-state index contributed by atoms with van der Waals surface area (Å²) in [5, 5.41) is 14.7. The summed E-state index contributed by atoms with van der Waals surface area (Å²) in [6, 6.07) is 20.2. The van der Waals surface area contributed by atoms with E-state index in [0.717, 1.165) is 35.3 Å². The topological polar surface area (TPSA) is 123 Å². The summed E-state index contributed by atoms with van der Waals surface area (Å²) < 4.78 is 5.39. The van der Waals surface area contributed by atoms with E-state index in [2.05, 4.69) is 10.2 Å². The first-order chi connectivity index (χ1) is 17.5. The van der Waals surface area contributed by atoms with Gasteiger partial charge in [0, 0.05) is 48.2 Å². The van der Waals surface area contributed by atoms with Gasteiger partial charge in [0.2, 0.25) is 0 Å². The fourth-order valence-electron chi connectivity index (χ4n) is 4.84. The molecule has 2 aliphatic heterocycles. The Kier molecular flexibility index (Phi) is 6.64. The van der Waals surface area contributed by atoms with Crippen molar-refractivity contribution in [1.29, 1.82) is 0 Å². The molecule has 2 amide bonds. The minimum atomic E-state index is -0.316. The largest absolute Gasteiger partial charge is 0.761 e. The number of cyclic esters (lactones) is 1. The van der Waals surface area contributed by atoms with Crippen molar-refractivity contribution in [1.82, 2.24) is 5.32 Å². The molecule has 186 valence electrons. The van der Waals surface area contributed by atoms with Crippen LogP contribution in [-0.2, 0) is 17.9 Å². The van der Waals surface area contributed by atoms with Crippen LogP contribution in [0.3, 0.4) is 0 Å². The van der Waals surface area contributed by atoms with Crippen molar-refractivity contribution >= 4 is 34.7 Å². The van der Waals surface area contributed by atoms with Crippen LogP contribution in [0.25, 0.3) is 0 Å². The van der Waals surface area contributed by atoms with Crippen molar-refractivity contribution in [2.75, 3.05) is 34.1 Å². The molecular weight excluding hydrogens is 458 g/mol. The number of nitrogens with zero attached hydrogens (tertiary/aromatic N) is 2. The number of hydrogen-bond donors (Lipinski definition) is 3. The van der Waals surface area contributed by atoms with Crippen LogP contribution in [-0.4, -0.2) is 31.1 Å². The molecule has 1 saturated heterocycles. The number of rotatable bonds is 6. The van der Waals surface area contributed by atoms with Gasteiger partial charge in [-0.1, -0.05) is 30.3 Å². The van der Waals surface area contributed by atoms with Gasteiger partial charge in [-0.05, 0) is 54.8 Å². The minimum absolute atomic E-state index is 0.0113. The van der Waals surface area contributed by atoms with Gasteiger partial charge in [-0.2, -0.15) is 0 Å². The van der Waals surface area contributed by atoms with E-state index in [1.54, 1.807) is 35.2 Å². The fraction of sp³-hybridized carbons (Fsp3) is 0.259. The lowest BCUT2D eigenvalue weighted by Gasteiger charge is -2.41. The number of ether oxygens (including phenoxy) is 1. The summed E-state index contributed by atoms with van der Waals surface area (Å²) in [6.45, 7) is 1.97. The van der Waals surface area contributed by atoms with E-state index in [4.69, 9.17) is 10.5 Å². The van der Waals surface area contributed by atoms with Crippen molar-refractivity contribution in [3.63, 3.8) is 0 Å². The summed E-state index contributed by atoms with van der Waals surface area (Å²) in [4.78, 5) is 29.1. The zero-order chi connectivity index (χ0) is 25.1. The second kappa shape index (κ2) is 10.2. The first kappa shape index (κ1) is 23.5. The number of amides is 2. The number of para-hydroxylation sites is 1. The predicted molar refractivity (Wildman–Crippen MR) is 140 cm³/mol. The lowest BCUT2D eigenvalue weighted by Crippen LogP contribution is -2.49. The van der Waals surface area contributed by atoms with E-state index in [-0.39, 0.29) is 18.0 Å². The van der Waals surface area contributed by atoms with Crippen LogP contribution < -0.4 is 26.3 Å². The molecule has 0 aromatic heterocycles. The van der Waals surface area contributed by atoms with E-state index >= 15 is 0 Å². The number of hydrogen-bond acceptors (Lipinski definition) is 7. The van der Waals surface area contributed by atoms with Crippen LogP contribution in [0.15, 0.2) is 66.7 Å². The third kappa shape index (κ3) is 4.78. The maximum atomic E-state index is 12.7. The molecule has 2 aliphatic rings. The van der Waals surface area contributed by atoms with Crippen LogP contribution in [0.2, 0.25) is 0 Å². The summed E-state index contributed by atoms with van der Waals surface area (Å²) in [5.41, 5.74) is 12.7. The fourth-order valence-corrected chi connectivity index (χ4v) is 4.84. The van der Waals surface area contributed by atoms with Crippen LogP contribution in [0.5, 0.6) is 0 Å². The number of benzene rings is 3. The molecule has 3 aromatic carbocycles. The second-order valence-electron chi connectivity index (χ2n) is 9.03. The minimum Gasteiger partial charge on any atom is -0.761 e. The summed E-state index contributed by atoms with van der Waals surface area (Å²) in [7, 11) is 0. The predicted octanol–water partition coefficient (Wildman–Crippen LogP) is 4.23. The Morgan fingerprint density at radius 2 is 1.78 bits per heavy atom. The lowest BCUT2D eigenvalue weighted by molar-refractivity contribution is 0.0951. The van der Waals surface area contributed by atoms with Crippen molar-refractivity contribution in [3.8, 4) is 0 Å². The standard InChI is InChI=1S/C27H28N5O4/c28-21-8-5-18(6-9-21)16-29-26(33)19-7-10-25(23(15-19)30-35)31-13-11-22(12-14-31)32-24-4-2-1-3-20(24)17-36-27(32)34/h1-10,15,22,30H,11-14,16-17,28H2,(H,29,33)/q-1. The molecule has 0 aliphatic carbocycles. The number of carbonyl (C=O) groups excluding carboxylic acids is 2. The smallest absolute Gasteiger partial charge is 0.414 e. The normalized spacial score (nSPS) is 15.8. The summed E-state index contributed by atoms with van der Waals surface area (Å²) >= 11 is 0. The Morgan fingerprint density at radius 3 is 2.53 bits per heavy atom. The lowest BCUT2D eigenvalue weighted by atomic mass is 9.99. The van der Waals surface area contributed by atoms with Gasteiger partial charge in [0.1, 0.15) is 6.61 Å². The highest BCUT2D eigenvalue weighted by Crippen LogP contribution is 2.34. The highest BCUT2D eigenvalue weighted by molar-refractivity contribution is 5.96. The highest BCUT2D eigenvalue weighted by Gasteiger charge is 2.34. The number of nitrogens with one attached hydrogen (secondary N) is 2. The van der Waals surface area contributed by atoms with Gasteiger partial charge in [0.25, 0.3) is 5.91 Å². The quantitative estimate of drug-likeness (QED) is 0.352. The Balaban J connectivity index is 1.24. The molecule has 0 saturated carbocycles. The van der Waals surface area contributed by atoms with E-state index in [9.17, 15) is 14.8 Å². The number of nitrogens with two attached hydrogens (primary N) is 1. The van der Waals surface area contributed by atoms with Crippen LogP contribution in [0, 0.1) is 5.21 Å². The van der Waals surface area contributed by atoms with E-state index < -0.39 is 0 Å². The van der Waals surface area contributed by atoms with Gasteiger partial charge in [0.05, 0.1) is 11.4 Å². The molecule has 2 heterocycles. The molecule has 0 bridgehead atoms. The number of nitrogen functional groups attached to an aromatic ring is 1. The van der Waals surface area contributed by atoms with Crippen molar-refractivity contribution in [2.45, 2.75) is 32.0 Å². The average Bonchev–Trinajstić information content (AvgIpc) is 2.92. The van der Waals surface area contributed by atoms with Gasteiger partial charge in [-0.25, -0.2) is 4.79 Å². The average molecular weight is 487 g/mol. The first-order valence-electron chi connectivity index (χ1n) is 12.0. The van der Waals surface area contributed by atoms with Crippen molar-refractivity contribution in [3.05, 3.63) is 88.6 Å².